The van der Waals surface area contributed by atoms with Crippen LogP contribution in [0.2, 0.25) is 0 Å². The molecule has 23 heavy (non-hydrogen) atoms. The van der Waals surface area contributed by atoms with Crippen molar-refractivity contribution < 1.29 is 14.3 Å². The molecule has 0 unspecified atom stereocenters. The maximum Gasteiger partial charge on any atom is 0.310 e. The van der Waals surface area contributed by atoms with Crippen LogP contribution in [0.25, 0.3) is 10.2 Å². The highest BCUT2D eigenvalue weighted by atomic mass is 32.1. The van der Waals surface area contributed by atoms with Crippen LogP contribution in [0.3, 0.4) is 0 Å². The predicted molar refractivity (Wildman–Crippen MR) is 86.1 cm³/mol. The van der Waals surface area contributed by atoms with Gasteiger partial charge in [-0.3, -0.25) is 9.59 Å². The van der Waals surface area contributed by atoms with Gasteiger partial charge in [0.2, 0.25) is 5.91 Å². The van der Waals surface area contributed by atoms with Gasteiger partial charge in [-0.15, -0.1) is 0 Å². The van der Waals surface area contributed by atoms with Gasteiger partial charge in [0.1, 0.15) is 6.10 Å². The zero-order valence-electron chi connectivity index (χ0n) is 12.6. The average molecular weight is 328 g/mol. The lowest BCUT2D eigenvalue weighted by Crippen LogP contribution is -2.35. The first-order chi connectivity index (χ1) is 11.1. The number of carbonyl (C=O) groups is 2. The Kier molecular flexibility index (Phi) is 2.66. The zero-order valence-corrected chi connectivity index (χ0v) is 13.4. The molecule has 1 amide bonds. The summed E-state index contributed by atoms with van der Waals surface area (Å²) in [7, 11) is 0. The van der Waals surface area contributed by atoms with Crippen LogP contribution in [0, 0.1) is 30.6 Å². The molecule has 2 heterocycles. The second-order valence-electron chi connectivity index (χ2n) is 6.90. The van der Waals surface area contributed by atoms with Gasteiger partial charge in [-0.05, 0) is 43.4 Å². The van der Waals surface area contributed by atoms with Crippen LogP contribution in [0.15, 0.2) is 18.2 Å². The van der Waals surface area contributed by atoms with Crippen molar-refractivity contribution in [2.75, 3.05) is 5.32 Å². The van der Waals surface area contributed by atoms with Crippen LogP contribution >= 0.6 is 11.3 Å². The SMILES string of the molecule is Cc1ccc2nc(NC(=O)[C@@H]3[C@@H]4C[C@@H]5[C@@H]3C(=O)O[C@@H]5C4)sc2c1. The molecule has 1 aliphatic heterocycles. The number of hydrogen-bond donors (Lipinski definition) is 1. The van der Waals surface area contributed by atoms with Crippen molar-refractivity contribution in [3.05, 3.63) is 23.8 Å². The average Bonchev–Trinajstić information content (AvgIpc) is 3.19. The number of aromatic nitrogens is 1. The first-order valence-corrected chi connectivity index (χ1v) is 8.80. The highest BCUT2D eigenvalue weighted by Gasteiger charge is 2.63. The van der Waals surface area contributed by atoms with Crippen LogP contribution in [0.4, 0.5) is 5.13 Å². The third-order valence-corrected chi connectivity index (χ3v) is 6.49. The monoisotopic (exact) mass is 328 g/mol. The number of nitrogens with zero attached hydrogens (tertiary/aromatic N) is 1. The molecular formula is C17H16N2O3S. The Morgan fingerprint density at radius 1 is 1.39 bits per heavy atom. The summed E-state index contributed by atoms with van der Waals surface area (Å²) < 4.78 is 6.46. The fourth-order valence-electron chi connectivity index (χ4n) is 4.64. The lowest BCUT2D eigenvalue weighted by Gasteiger charge is -2.22. The van der Waals surface area contributed by atoms with Gasteiger partial charge >= 0.3 is 5.97 Å². The van der Waals surface area contributed by atoms with Crippen molar-refractivity contribution in [2.45, 2.75) is 25.9 Å². The molecule has 6 heteroatoms. The zero-order chi connectivity index (χ0) is 15.7. The summed E-state index contributed by atoms with van der Waals surface area (Å²) in [4.78, 5) is 29.2. The minimum absolute atomic E-state index is 0.0620. The molecule has 5 rings (SSSR count). The molecule has 0 spiro atoms. The van der Waals surface area contributed by atoms with E-state index in [4.69, 9.17) is 4.74 Å². The molecule has 118 valence electrons. The lowest BCUT2D eigenvalue weighted by atomic mass is 9.79. The van der Waals surface area contributed by atoms with E-state index in [1.54, 1.807) is 0 Å². The molecule has 1 aromatic heterocycles. The number of esters is 1. The van der Waals surface area contributed by atoms with Gasteiger partial charge < -0.3 is 10.1 Å². The summed E-state index contributed by atoms with van der Waals surface area (Å²) in [6, 6.07) is 6.05. The number of amides is 1. The summed E-state index contributed by atoms with van der Waals surface area (Å²) in [6.45, 7) is 2.04. The predicted octanol–water partition coefficient (Wildman–Crippen LogP) is 2.74. The summed E-state index contributed by atoms with van der Waals surface area (Å²) in [6.07, 6.45) is 1.84. The van der Waals surface area contributed by atoms with Gasteiger partial charge in [0.25, 0.3) is 0 Å². The van der Waals surface area contributed by atoms with E-state index in [2.05, 4.69) is 16.4 Å². The minimum atomic E-state index is -0.250. The van der Waals surface area contributed by atoms with Crippen molar-refractivity contribution in [2.24, 2.45) is 23.7 Å². The number of ether oxygens (including phenoxy) is 1. The maximum absolute atomic E-state index is 12.7. The number of thiazole rings is 1. The van der Waals surface area contributed by atoms with Gasteiger partial charge in [-0.1, -0.05) is 17.4 Å². The topological polar surface area (TPSA) is 68.3 Å². The van der Waals surface area contributed by atoms with Crippen LogP contribution in [-0.2, 0) is 14.3 Å². The number of aryl methyl sites for hydroxylation is 1. The number of fused-ring (bicyclic) bond motifs is 2. The van der Waals surface area contributed by atoms with E-state index < -0.39 is 0 Å². The number of benzene rings is 1. The van der Waals surface area contributed by atoms with E-state index >= 15 is 0 Å². The molecule has 2 bridgehead atoms. The number of anilines is 1. The molecule has 5 atom stereocenters. The Labute approximate surface area is 137 Å². The van der Waals surface area contributed by atoms with Gasteiger partial charge in [0.05, 0.1) is 22.1 Å². The molecule has 1 saturated heterocycles. The summed E-state index contributed by atoms with van der Waals surface area (Å²) in [5.41, 5.74) is 2.07. The van der Waals surface area contributed by atoms with E-state index in [1.807, 2.05) is 19.1 Å². The van der Waals surface area contributed by atoms with Crippen LogP contribution < -0.4 is 5.32 Å². The van der Waals surface area contributed by atoms with Crippen LogP contribution in [0.5, 0.6) is 0 Å². The molecule has 3 aliphatic rings. The lowest BCUT2D eigenvalue weighted by molar-refractivity contribution is -0.145. The second-order valence-corrected chi connectivity index (χ2v) is 7.93. The highest BCUT2D eigenvalue weighted by Crippen LogP contribution is 2.57. The Hall–Kier alpha value is -1.95. The second kappa shape index (κ2) is 4.54. The van der Waals surface area contributed by atoms with E-state index in [1.165, 1.54) is 16.9 Å². The fraction of sp³-hybridized carbons (Fsp3) is 0.471. The van der Waals surface area contributed by atoms with E-state index in [0.717, 1.165) is 23.1 Å². The molecule has 1 N–H and O–H groups in total. The molecule has 2 aliphatic carbocycles. The Morgan fingerprint density at radius 2 is 2.26 bits per heavy atom. The highest BCUT2D eigenvalue weighted by molar-refractivity contribution is 7.22. The van der Waals surface area contributed by atoms with Gasteiger partial charge in [-0.25, -0.2) is 4.98 Å². The van der Waals surface area contributed by atoms with E-state index in [9.17, 15) is 9.59 Å². The molecule has 2 aromatic rings. The molecule has 5 nitrogen and oxygen atoms in total. The minimum Gasteiger partial charge on any atom is -0.462 e. The number of carbonyl (C=O) groups excluding carboxylic acids is 2. The van der Waals surface area contributed by atoms with Gasteiger partial charge in [0.15, 0.2) is 5.13 Å². The van der Waals surface area contributed by atoms with Gasteiger partial charge in [-0.2, -0.15) is 0 Å². The van der Waals surface area contributed by atoms with Crippen molar-refractivity contribution in [1.29, 1.82) is 0 Å². The summed E-state index contributed by atoms with van der Waals surface area (Å²) in [5.74, 6) is -0.217. The summed E-state index contributed by atoms with van der Waals surface area (Å²) >= 11 is 1.48. The molecule has 2 saturated carbocycles. The smallest absolute Gasteiger partial charge is 0.310 e. The van der Waals surface area contributed by atoms with Crippen molar-refractivity contribution in [1.82, 2.24) is 4.98 Å². The third-order valence-electron chi connectivity index (χ3n) is 5.56. The largest absolute Gasteiger partial charge is 0.462 e. The first kappa shape index (κ1) is 13.5. The first-order valence-electron chi connectivity index (χ1n) is 7.99. The fourth-order valence-corrected chi connectivity index (χ4v) is 5.60. The molecule has 1 aromatic carbocycles. The summed E-state index contributed by atoms with van der Waals surface area (Å²) in [5, 5.41) is 3.55. The van der Waals surface area contributed by atoms with E-state index in [0.29, 0.717) is 5.13 Å². The number of rotatable bonds is 2. The molecule has 0 radical (unpaired) electrons. The maximum atomic E-state index is 12.7. The Morgan fingerprint density at radius 3 is 3.13 bits per heavy atom. The Balaban J connectivity index is 1.41. The molecule has 3 fully saturated rings. The van der Waals surface area contributed by atoms with Crippen LogP contribution in [0.1, 0.15) is 18.4 Å². The van der Waals surface area contributed by atoms with Crippen molar-refractivity contribution >= 4 is 38.6 Å². The van der Waals surface area contributed by atoms with Crippen LogP contribution in [-0.4, -0.2) is 23.0 Å². The quantitative estimate of drug-likeness (QED) is 0.861. The van der Waals surface area contributed by atoms with Crippen molar-refractivity contribution in [3.8, 4) is 0 Å². The van der Waals surface area contributed by atoms with Gasteiger partial charge in [0, 0.05) is 5.92 Å². The molecular weight excluding hydrogens is 312 g/mol. The standard InChI is InChI=1S/C17H16N2O3S/c1-7-2-3-10-12(4-7)23-17(18-10)19-15(20)13-8-5-9-11(6-8)22-16(21)14(9)13/h2-4,8-9,11,13-14H,5-6H2,1H3,(H,18,19,20)/t8-,9+,11-,13-,14+/m1/s1. The van der Waals surface area contributed by atoms with E-state index in [-0.39, 0.29) is 41.7 Å². The third kappa shape index (κ3) is 1.87. The Bertz CT molecular complexity index is 843. The number of hydrogen-bond acceptors (Lipinski definition) is 5. The van der Waals surface area contributed by atoms with Crippen molar-refractivity contribution in [3.63, 3.8) is 0 Å². The number of nitrogens with one attached hydrogen (secondary N) is 1. The normalized spacial score (nSPS) is 34.1.